The van der Waals surface area contributed by atoms with Crippen molar-refractivity contribution in [3.63, 3.8) is 0 Å². The summed E-state index contributed by atoms with van der Waals surface area (Å²) in [6, 6.07) is 3.30. The predicted octanol–water partition coefficient (Wildman–Crippen LogP) is -1.38. The number of rotatable bonds is 0. The normalized spacial score (nSPS) is 41.3. The van der Waals surface area contributed by atoms with Gasteiger partial charge in [-0.1, -0.05) is 0 Å². The van der Waals surface area contributed by atoms with Gasteiger partial charge in [-0.25, -0.2) is 0 Å². The van der Waals surface area contributed by atoms with E-state index < -0.39 is 6.04 Å². The van der Waals surface area contributed by atoms with Crippen molar-refractivity contribution in [3.8, 4) is 12.1 Å². The van der Waals surface area contributed by atoms with Crippen LogP contribution >= 0.6 is 0 Å². The number of nitrogens with two attached hydrogens (primary N) is 2. The highest BCUT2D eigenvalue weighted by Crippen LogP contribution is 2.16. The Bertz CT molecular complexity index is 211. The largest absolute Gasteiger partial charge is 0.325 e. The van der Waals surface area contributed by atoms with Gasteiger partial charge >= 0.3 is 0 Å². The van der Waals surface area contributed by atoms with Gasteiger partial charge in [-0.05, 0) is 6.42 Å². The molecule has 1 aliphatic rings. The van der Waals surface area contributed by atoms with Crippen LogP contribution in [0.2, 0.25) is 0 Å². The van der Waals surface area contributed by atoms with Crippen LogP contribution in [0.4, 0.5) is 0 Å². The molecule has 1 heterocycles. The van der Waals surface area contributed by atoms with Gasteiger partial charge in [0, 0.05) is 6.04 Å². The molecule has 0 amide bonds. The number of hydrogen-bond acceptors (Lipinski definition) is 5. The van der Waals surface area contributed by atoms with Crippen molar-refractivity contribution in [1.82, 2.24) is 5.32 Å². The van der Waals surface area contributed by atoms with E-state index >= 15 is 0 Å². The quantitative estimate of drug-likeness (QED) is 0.409. The van der Waals surface area contributed by atoms with Gasteiger partial charge in [0.1, 0.15) is 6.04 Å². The maximum Gasteiger partial charge on any atom is 0.113 e. The monoisotopic (exact) mass is 165 g/mol. The van der Waals surface area contributed by atoms with E-state index in [4.69, 9.17) is 22.0 Å². The zero-order valence-corrected chi connectivity index (χ0v) is 6.57. The molecule has 1 rings (SSSR count). The summed E-state index contributed by atoms with van der Waals surface area (Å²) >= 11 is 0. The molecule has 5 N–H and O–H groups in total. The third kappa shape index (κ3) is 1.54. The van der Waals surface area contributed by atoms with E-state index in [0.717, 1.165) is 0 Å². The summed E-state index contributed by atoms with van der Waals surface area (Å²) in [4.78, 5) is 0. The Morgan fingerprint density at radius 2 is 1.92 bits per heavy atom. The summed E-state index contributed by atoms with van der Waals surface area (Å²) < 4.78 is 0. The van der Waals surface area contributed by atoms with Crippen LogP contribution in [0.5, 0.6) is 0 Å². The Labute approximate surface area is 70.9 Å². The number of nitrogens with zero attached hydrogens (tertiary/aromatic N) is 2. The van der Waals surface area contributed by atoms with Crippen LogP contribution in [0, 0.1) is 28.6 Å². The van der Waals surface area contributed by atoms with Crippen molar-refractivity contribution in [2.75, 3.05) is 0 Å². The Morgan fingerprint density at radius 1 is 1.25 bits per heavy atom. The average molecular weight is 165 g/mol. The van der Waals surface area contributed by atoms with Gasteiger partial charge in [-0.15, -0.1) is 0 Å². The summed E-state index contributed by atoms with van der Waals surface area (Å²) in [5, 5.41) is 20.1. The van der Waals surface area contributed by atoms with Crippen molar-refractivity contribution >= 4 is 0 Å². The zero-order chi connectivity index (χ0) is 9.14. The lowest BCUT2D eigenvalue weighted by molar-refractivity contribution is 0.279. The van der Waals surface area contributed by atoms with E-state index in [2.05, 4.69) is 5.32 Å². The van der Waals surface area contributed by atoms with Crippen LogP contribution in [-0.4, -0.2) is 18.2 Å². The van der Waals surface area contributed by atoms with Crippen molar-refractivity contribution in [2.24, 2.45) is 17.4 Å². The van der Waals surface area contributed by atoms with E-state index in [9.17, 15) is 0 Å². The SMILES string of the molecule is N#CC1CC(N)C(N)NC1C#N. The lowest BCUT2D eigenvalue weighted by Gasteiger charge is -2.32. The zero-order valence-electron chi connectivity index (χ0n) is 6.57. The Kier molecular flexibility index (Phi) is 2.61. The molecule has 0 spiro atoms. The summed E-state index contributed by atoms with van der Waals surface area (Å²) in [5.41, 5.74) is 11.2. The van der Waals surface area contributed by atoms with Crippen LogP contribution in [0.25, 0.3) is 0 Å². The highest BCUT2D eigenvalue weighted by Gasteiger charge is 2.32. The van der Waals surface area contributed by atoms with Crippen LogP contribution in [0.15, 0.2) is 0 Å². The van der Waals surface area contributed by atoms with Crippen LogP contribution in [0.1, 0.15) is 6.42 Å². The van der Waals surface area contributed by atoms with Crippen molar-refractivity contribution < 1.29 is 0 Å². The fraction of sp³-hybridized carbons (Fsp3) is 0.714. The second-order valence-corrected chi connectivity index (χ2v) is 2.93. The standard InChI is InChI=1S/C7H11N5/c8-2-4-1-5(10)7(11)12-6(4)3-9/h4-7,12H,1,10-11H2. The molecule has 0 aromatic rings. The number of piperidine rings is 1. The minimum atomic E-state index is -0.482. The maximum atomic E-state index is 8.66. The third-order valence-corrected chi connectivity index (χ3v) is 2.07. The fourth-order valence-electron chi connectivity index (χ4n) is 1.28. The van der Waals surface area contributed by atoms with E-state index in [1.807, 2.05) is 12.1 Å². The topological polar surface area (TPSA) is 112 Å². The first-order chi connectivity index (χ1) is 5.69. The van der Waals surface area contributed by atoms with Gasteiger partial charge in [0.2, 0.25) is 0 Å². The molecule has 0 radical (unpaired) electrons. The predicted molar refractivity (Wildman–Crippen MR) is 42.2 cm³/mol. The molecule has 64 valence electrons. The summed E-state index contributed by atoms with van der Waals surface area (Å²) in [6.07, 6.45) is 0.113. The Balaban J connectivity index is 2.68. The van der Waals surface area contributed by atoms with Gasteiger partial charge in [-0.2, -0.15) is 10.5 Å². The van der Waals surface area contributed by atoms with E-state index in [1.54, 1.807) is 0 Å². The molecule has 1 fully saturated rings. The van der Waals surface area contributed by atoms with Gasteiger partial charge in [0.25, 0.3) is 0 Å². The first-order valence-corrected chi connectivity index (χ1v) is 3.75. The Hall–Kier alpha value is -1.14. The van der Waals surface area contributed by atoms with Crippen LogP contribution in [0.3, 0.4) is 0 Å². The minimum Gasteiger partial charge on any atom is -0.325 e. The van der Waals surface area contributed by atoms with E-state index in [1.165, 1.54) is 0 Å². The van der Waals surface area contributed by atoms with Crippen LogP contribution in [-0.2, 0) is 0 Å². The molecule has 12 heavy (non-hydrogen) atoms. The second-order valence-electron chi connectivity index (χ2n) is 2.93. The van der Waals surface area contributed by atoms with Crippen molar-refractivity contribution in [3.05, 3.63) is 0 Å². The van der Waals surface area contributed by atoms with E-state index in [0.29, 0.717) is 6.42 Å². The van der Waals surface area contributed by atoms with Crippen LogP contribution < -0.4 is 16.8 Å². The minimum absolute atomic E-state index is 0.237. The first-order valence-electron chi connectivity index (χ1n) is 3.75. The molecule has 0 aliphatic carbocycles. The molecular weight excluding hydrogens is 154 g/mol. The Morgan fingerprint density at radius 3 is 2.42 bits per heavy atom. The van der Waals surface area contributed by atoms with Gasteiger partial charge in [-0.3, -0.25) is 5.32 Å². The molecule has 5 nitrogen and oxygen atoms in total. The molecule has 4 atom stereocenters. The van der Waals surface area contributed by atoms with Gasteiger partial charge in [0.15, 0.2) is 0 Å². The lowest BCUT2D eigenvalue weighted by atomic mass is 9.89. The fourth-order valence-corrected chi connectivity index (χ4v) is 1.28. The number of hydrogen-bond donors (Lipinski definition) is 3. The van der Waals surface area contributed by atoms with Gasteiger partial charge in [0.05, 0.1) is 24.2 Å². The lowest BCUT2D eigenvalue weighted by Crippen LogP contribution is -2.61. The molecule has 0 aromatic carbocycles. The molecule has 5 heteroatoms. The molecule has 1 aliphatic heterocycles. The molecule has 1 saturated heterocycles. The maximum absolute atomic E-state index is 8.66. The van der Waals surface area contributed by atoms with Gasteiger partial charge < -0.3 is 11.5 Å². The van der Waals surface area contributed by atoms with E-state index in [-0.39, 0.29) is 18.1 Å². The highest BCUT2D eigenvalue weighted by atomic mass is 15.1. The van der Waals surface area contributed by atoms with Crippen molar-refractivity contribution in [2.45, 2.75) is 24.7 Å². The second kappa shape index (κ2) is 3.51. The molecule has 0 bridgehead atoms. The molecule has 0 aromatic heterocycles. The summed E-state index contributed by atoms with van der Waals surface area (Å²) in [6.45, 7) is 0. The summed E-state index contributed by atoms with van der Waals surface area (Å²) in [7, 11) is 0. The first kappa shape index (κ1) is 8.95. The summed E-state index contributed by atoms with van der Waals surface area (Å²) in [5.74, 6) is -0.343. The van der Waals surface area contributed by atoms with Crippen molar-refractivity contribution in [1.29, 1.82) is 10.5 Å². The highest BCUT2D eigenvalue weighted by molar-refractivity contribution is 5.09. The number of nitriles is 2. The third-order valence-electron chi connectivity index (χ3n) is 2.07. The molecule has 0 saturated carbocycles. The average Bonchev–Trinajstić information content (AvgIpc) is 2.09. The number of nitrogens with one attached hydrogen (secondary N) is 1. The molecule has 4 unspecified atom stereocenters. The molecular formula is C7H11N5. The smallest absolute Gasteiger partial charge is 0.113 e.